The summed E-state index contributed by atoms with van der Waals surface area (Å²) in [6.45, 7) is 12.6. The zero-order valence-electron chi connectivity index (χ0n) is 24.6. The van der Waals surface area contributed by atoms with Gasteiger partial charge < -0.3 is 24.5 Å². The molecule has 2 aromatic carbocycles. The van der Waals surface area contributed by atoms with Crippen LogP contribution in [0.3, 0.4) is 0 Å². The molecule has 3 amide bonds. The number of unbranched alkanes of at least 4 members (excludes halogenated alkanes) is 1. The number of ether oxygens (including phenoxy) is 1. The number of nitrogens with zero attached hydrogens (tertiary/aromatic N) is 3. The SMILES string of the molecule is C=CCN(C(=O)[C@@H]1[C@H]2C(=O)N(CCCCO)C(C(=O)N(CC=C)c3c(C)cccc3C)C23CC[C@H]1O3)c1ccccc1. The van der Waals surface area contributed by atoms with Crippen molar-refractivity contribution in [2.45, 2.75) is 57.3 Å². The second-order valence-corrected chi connectivity index (χ2v) is 11.6. The first-order valence-electron chi connectivity index (χ1n) is 14.9. The lowest BCUT2D eigenvalue weighted by Gasteiger charge is -2.37. The van der Waals surface area contributed by atoms with Crippen LogP contribution in [0.5, 0.6) is 0 Å². The number of benzene rings is 2. The molecule has 42 heavy (non-hydrogen) atoms. The van der Waals surface area contributed by atoms with Crippen LogP contribution < -0.4 is 9.80 Å². The number of anilines is 2. The van der Waals surface area contributed by atoms with Gasteiger partial charge in [-0.05, 0) is 62.8 Å². The fraction of sp³-hybridized carbons (Fsp3) is 0.441. The van der Waals surface area contributed by atoms with Crippen molar-refractivity contribution < 1.29 is 24.2 Å². The number of carbonyl (C=O) groups excluding carboxylic acids is 3. The van der Waals surface area contributed by atoms with Gasteiger partial charge >= 0.3 is 0 Å². The van der Waals surface area contributed by atoms with Gasteiger partial charge in [0.05, 0.1) is 17.9 Å². The van der Waals surface area contributed by atoms with E-state index in [1.807, 2.05) is 62.4 Å². The highest BCUT2D eigenvalue weighted by Gasteiger charge is 2.75. The van der Waals surface area contributed by atoms with Crippen LogP contribution in [0.4, 0.5) is 11.4 Å². The second kappa shape index (κ2) is 12.2. The predicted octanol–water partition coefficient (Wildman–Crippen LogP) is 4.19. The molecule has 2 aromatic rings. The van der Waals surface area contributed by atoms with E-state index in [-0.39, 0.29) is 30.9 Å². The first-order valence-corrected chi connectivity index (χ1v) is 14.9. The van der Waals surface area contributed by atoms with Gasteiger partial charge in [0.15, 0.2) is 0 Å². The van der Waals surface area contributed by atoms with Crippen LogP contribution in [-0.4, -0.2) is 71.7 Å². The van der Waals surface area contributed by atoms with Crippen molar-refractivity contribution in [3.8, 4) is 0 Å². The fourth-order valence-electron chi connectivity index (χ4n) is 7.39. The van der Waals surface area contributed by atoms with Crippen LogP contribution >= 0.6 is 0 Å². The highest BCUT2D eigenvalue weighted by atomic mass is 16.5. The van der Waals surface area contributed by atoms with Crippen LogP contribution in [0, 0.1) is 25.7 Å². The van der Waals surface area contributed by atoms with Crippen LogP contribution in [0.2, 0.25) is 0 Å². The number of para-hydroxylation sites is 2. The van der Waals surface area contributed by atoms with Gasteiger partial charge in [0.1, 0.15) is 11.6 Å². The van der Waals surface area contributed by atoms with Gasteiger partial charge in [0.25, 0.3) is 5.91 Å². The third-order valence-electron chi connectivity index (χ3n) is 9.06. The third kappa shape index (κ3) is 4.86. The summed E-state index contributed by atoms with van der Waals surface area (Å²) < 4.78 is 6.69. The minimum Gasteiger partial charge on any atom is -0.396 e. The van der Waals surface area contributed by atoms with Crippen LogP contribution in [0.1, 0.15) is 36.8 Å². The van der Waals surface area contributed by atoms with Gasteiger partial charge in [-0.2, -0.15) is 0 Å². The largest absolute Gasteiger partial charge is 0.396 e. The molecule has 8 heteroatoms. The Kier molecular flexibility index (Phi) is 8.66. The average Bonchev–Trinajstić information content (AvgIpc) is 3.63. The smallest absolute Gasteiger partial charge is 0.253 e. The predicted molar refractivity (Wildman–Crippen MR) is 163 cm³/mol. The number of hydrogen-bond donors (Lipinski definition) is 1. The first kappa shape index (κ1) is 29.7. The van der Waals surface area contributed by atoms with Crippen LogP contribution in [0.25, 0.3) is 0 Å². The van der Waals surface area contributed by atoms with Crippen molar-refractivity contribution in [3.05, 3.63) is 85.0 Å². The molecule has 3 saturated heterocycles. The number of aryl methyl sites for hydroxylation is 2. The van der Waals surface area contributed by atoms with Gasteiger partial charge in [-0.3, -0.25) is 14.4 Å². The summed E-state index contributed by atoms with van der Waals surface area (Å²) in [6.07, 6.45) is 5.07. The Bertz CT molecular complexity index is 1340. The summed E-state index contributed by atoms with van der Waals surface area (Å²) in [6, 6.07) is 14.4. The van der Waals surface area contributed by atoms with E-state index in [9.17, 15) is 19.5 Å². The average molecular weight is 572 g/mol. The van der Waals surface area contributed by atoms with Crippen molar-refractivity contribution in [1.29, 1.82) is 0 Å². The summed E-state index contributed by atoms with van der Waals surface area (Å²) in [5.41, 5.74) is 2.31. The van der Waals surface area contributed by atoms with Crippen molar-refractivity contribution >= 4 is 29.1 Å². The molecule has 3 aliphatic rings. The number of fused-ring (bicyclic) bond motifs is 1. The van der Waals surface area contributed by atoms with E-state index in [4.69, 9.17) is 4.74 Å². The molecular formula is C34H41N3O5. The number of amides is 3. The monoisotopic (exact) mass is 571 g/mol. The lowest BCUT2D eigenvalue weighted by Crippen LogP contribution is -2.57. The summed E-state index contributed by atoms with van der Waals surface area (Å²) in [4.78, 5) is 48.4. The van der Waals surface area contributed by atoms with E-state index in [1.165, 1.54) is 0 Å². The summed E-state index contributed by atoms with van der Waals surface area (Å²) >= 11 is 0. The Morgan fingerprint density at radius 2 is 1.67 bits per heavy atom. The molecule has 1 spiro atoms. The number of carbonyl (C=O) groups is 3. The highest BCUT2D eigenvalue weighted by molar-refractivity contribution is 6.07. The van der Waals surface area contributed by atoms with E-state index in [1.54, 1.807) is 26.9 Å². The van der Waals surface area contributed by atoms with E-state index in [0.717, 1.165) is 22.5 Å². The molecule has 0 aliphatic carbocycles. The first-order chi connectivity index (χ1) is 20.3. The molecule has 5 atom stereocenters. The normalized spacial score (nSPS) is 25.8. The molecule has 222 valence electrons. The topological polar surface area (TPSA) is 90.4 Å². The Balaban J connectivity index is 1.57. The molecule has 1 N–H and O–H groups in total. The minimum atomic E-state index is -1.11. The van der Waals surface area contributed by atoms with Gasteiger partial charge in [-0.15, -0.1) is 13.2 Å². The quantitative estimate of drug-likeness (QED) is 0.305. The standard InChI is InChI=1S/C34H41N3O5/c1-5-19-35(25-15-8-7-9-16-25)31(39)27-26-17-18-34(42-26)28(27)32(40)37(21-10-11-22-38)30(34)33(41)36(20-6-2)29-23(3)13-12-14-24(29)4/h5-9,12-16,26-28,30,38H,1-2,10-11,17-22H2,3-4H3/t26-,27+,28+,30?,34?/m1/s1. The van der Waals surface area contributed by atoms with Gasteiger partial charge in [-0.1, -0.05) is 48.6 Å². The van der Waals surface area contributed by atoms with Crippen LogP contribution in [0.15, 0.2) is 73.8 Å². The molecule has 0 saturated carbocycles. The summed E-state index contributed by atoms with van der Waals surface area (Å²) in [7, 11) is 0. The van der Waals surface area contributed by atoms with Gasteiger partial charge in [0.2, 0.25) is 11.8 Å². The zero-order valence-corrected chi connectivity index (χ0v) is 24.6. The molecule has 3 heterocycles. The van der Waals surface area contributed by atoms with Crippen molar-refractivity contribution in [2.75, 3.05) is 36.0 Å². The maximum absolute atomic E-state index is 14.7. The molecule has 0 radical (unpaired) electrons. The Hall–Kier alpha value is -3.75. The molecule has 8 nitrogen and oxygen atoms in total. The molecular weight excluding hydrogens is 530 g/mol. The number of likely N-dealkylation sites (tertiary alicyclic amines) is 1. The Labute approximate surface area is 248 Å². The van der Waals surface area contributed by atoms with E-state index in [0.29, 0.717) is 38.8 Å². The van der Waals surface area contributed by atoms with E-state index >= 15 is 0 Å². The summed E-state index contributed by atoms with van der Waals surface area (Å²) in [5, 5.41) is 9.48. The molecule has 2 unspecified atom stereocenters. The highest BCUT2D eigenvalue weighted by Crippen LogP contribution is 2.59. The number of aliphatic hydroxyl groups is 1. The number of rotatable bonds is 12. The van der Waals surface area contributed by atoms with Crippen molar-refractivity contribution in [3.63, 3.8) is 0 Å². The number of hydrogen-bond acceptors (Lipinski definition) is 5. The third-order valence-corrected chi connectivity index (χ3v) is 9.06. The van der Waals surface area contributed by atoms with Crippen molar-refractivity contribution in [2.24, 2.45) is 11.8 Å². The fourth-order valence-corrected chi connectivity index (χ4v) is 7.39. The number of aliphatic hydroxyl groups excluding tert-OH is 1. The Morgan fingerprint density at radius 1 is 1.00 bits per heavy atom. The molecule has 3 aliphatic heterocycles. The van der Waals surface area contributed by atoms with Gasteiger partial charge in [-0.25, -0.2) is 0 Å². The Morgan fingerprint density at radius 3 is 2.31 bits per heavy atom. The maximum atomic E-state index is 14.7. The zero-order chi connectivity index (χ0) is 30.0. The van der Waals surface area contributed by atoms with E-state index in [2.05, 4.69) is 13.2 Å². The maximum Gasteiger partial charge on any atom is 0.253 e. The van der Waals surface area contributed by atoms with Crippen LogP contribution in [-0.2, 0) is 19.1 Å². The molecule has 2 bridgehead atoms. The molecule has 0 aromatic heterocycles. The van der Waals surface area contributed by atoms with Gasteiger partial charge in [0, 0.05) is 37.6 Å². The van der Waals surface area contributed by atoms with Crippen molar-refractivity contribution in [1.82, 2.24) is 4.90 Å². The van der Waals surface area contributed by atoms with E-state index < -0.39 is 29.6 Å². The lowest BCUT2D eigenvalue weighted by molar-refractivity contribution is -0.140. The molecule has 3 fully saturated rings. The minimum absolute atomic E-state index is 0.00647. The lowest BCUT2D eigenvalue weighted by atomic mass is 9.70. The molecule has 5 rings (SSSR count). The second-order valence-electron chi connectivity index (χ2n) is 11.6. The summed E-state index contributed by atoms with van der Waals surface area (Å²) in [5.74, 6) is -2.12.